The van der Waals surface area contributed by atoms with Crippen molar-refractivity contribution in [3.05, 3.63) is 70.0 Å². The SMILES string of the molecule is COC(=O)COc1ccc(/C=N/NC(=O)c2cc3cc([N+](=O)[O-])ccc3o2)cc1. The van der Waals surface area contributed by atoms with Crippen LogP contribution in [-0.4, -0.2) is 36.7 Å². The van der Waals surface area contributed by atoms with Crippen molar-refractivity contribution in [3.8, 4) is 5.75 Å². The fourth-order valence-corrected chi connectivity index (χ4v) is 2.33. The van der Waals surface area contributed by atoms with Gasteiger partial charge in [-0.2, -0.15) is 5.10 Å². The highest BCUT2D eigenvalue weighted by Gasteiger charge is 2.14. The highest BCUT2D eigenvalue weighted by Crippen LogP contribution is 2.24. The summed E-state index contributed by atoms with van der Waals surface area (Å²) in [4.78, 5) is 33.5. The first-order valence-corrected chi connectivity index (χ1v) is 8.27. The van der Waals surface area contributed by atoms with Gasteiger partial charge in [0.15, 0.2) is 12.4 Å². The minimum atomic E-state index is -0.599. The lowest BCUT2D eigenvalue weighted by molar-refractivity contribution is -0.384. The summed E-state index contributed by atoms with van der Waals surface area (Å²) in [5, 5.41) is 15.1. The molecule has 0 radical (unpaired) electrons. The predicted octanol–water partition coefficient (Wildman–Crippen LogP) is 2.66. The molecule has 2 aromatic carbocycles. The van der Waals surface area contributed by atoms with Gasteiger partial charge >= 0.3 is 11.9 Å². The molecule has 0 unspecified atom stereocenters. The molecule has 1 amide bonds. The predicted molar refractivity (Wildman–Crippen MR) is 102 cm³/mol. The summed E-state index contributed by atoms with van der Waals surface area (Å²) in [6, 6.07) is 12.1. The van der Waals surface area contributed by atoms with E-state index in [9.17, 15) is 19.7 Å². The summed E-state index contributed by atoms with van der Waals surface area (Å²) in [5.41, 5.74) is 3.25. The van der Waals surface area contributed by atoms with Gasteiger partial charge in [0.05, 0.1) is 18.2 Å². The number of hydrazone groups is 1. The summed E-state index contributed by atoms with van der Waals surface area (Å²) >= 11 is 0. The van der Waals surface area contributed by atoms with Gasteiger partial charge in [-0.1, -0.05) is 0 Å². The zero-order chi connectivity index (χ0) is 20.8. The number of rotatable bonds is 7. The molecule has 3 aromatic rings. The largest absolute Gasteiger partial charge is 0.482 e. The summed E-state index contributed by atoms with van der Waals surface area (Å²) in [6.45, 7) is -0.194. The number of nitro groups is 1. The number of non-ortho nitro benzene ring substituents is 1. The molecule has 10 heteroatoms. The average molecular weight is 397 g/mol. The van der Waals surface area contributed by atoms with Gasteiger partial charge in [0.1, 0.15) is 11.3 Å². The molecular formula is C19H15N3O7. The molecule has 29 heavy (non-hydrogen) atoms. The summed E-state index contributed by atoms with van der Waals surface area (Å²) in [5.74, 6) is -0.631. The summed E-state index contributed by atoms with van der Waals surface area (Å²) in [6.07, 6.45) is 1.41. The van der Waals surface area contributed by atoms with Crippen molar-refractivity contribution in [1.82, 2.24) is 5.43 Å². The van der Waals surface area contributed by atoms with Crippen molar-refractivity contribution in [3.63, 3.8) is 0 Å². The lowest BCUT2D eigenvalue weighted by Gasteiger charge is -2.04. The number of ether oxygens (including phenoxy) is 2. The quantitative estimate of drug-likeness (QED) is 0.280. The van der Waals surface area contributed by atoms with E-state index in [4.69, 9.17) is 9.15 Å². The van der Waals surface area contributed by atoms with E-state index < -0.39 is 16.8 Å². The van der Waals surface area contributed by atoms with Gasteiger partial charge in [-0.25, -0.2) is 10.2 Å². The van der Waals surface area contributed by atoms with E-state index in [0.29, 0.717) is 22.3 Å². The Balaban J connectivity index is 1.60. The first kappa shape index (κ1) is 19.5. The monoisotopic (exact) mass is 397 g/mol. The number of hydrogen-bond donors (Lipinski definition) is 1. The average Bonchev–Trinajstić information content (AvgIpc) is 3.16. The number of carbonyl (C=O) groups excluding carboxylic acids is 2. The third-order valence-electron chi connectivity index (χ3n) is 3.78. The summed E-state index contributed by atoms with van der Waals surface area (Å²) < 4.78 is 15.1. The van der Waals surface area contributed by atoms with E-state index in [1.54, 1.807) is 24.3 Å². The number of methoxy groups -OCH3 is 1. The van der Waals surface area contributed by atoms with Crippen molar-refractivity contribution in [2.75, 3.05) is 13.7 Å². The van der Waals surface area contributed by atoms with Gasteiger partial charge in [0, 0.05) is 17.5 Å². The Morgan fingerprint density at radius 3 is 2.66 bits per heavy atom. The van der Waals surface area contributed by atoms with Gasteiger partial charge < -0.3 is 13.9 Å². The first-order chi connectivity index (χ1) is 14.0. The van der Waals surface area contributed by atoms with Gasteiger partial charge in [-0.3, -0.25) is 14.9 Å². The van der Waals surface area contributed by atoms with Gasteiger partial charge in [-0.15, -0.1) is 0 Å². The number of benzene rings is 2. The van der Waals surface area contributed by atoms with Crippen LogP contribution in [0.4, 0.5) is 5.69 Å². The number of nitro benzene ring substituents is 1. The van der Waals surface area contributed by atoms with Crippen LogP contribution in [0, 0.1) is 10.1 Å². The third-order valence-corrected chi connectivity index (χ3v) is 3.78. The number of fused-ring (bicyclic) bond motifs is 1. The maximum absolute atomic E-state index is 12.1. The Labute approximate surface area is 163 Å². The smallest absolute Gasteiger partial charge is 0.343 e. The van der Waals surface area contributed by atoms with Crippen LogP contribution in [0.25, 0.3) is 11.0 Å². The number of nitrogens with one attached hydrogen (secondary N) is 1. The minimum absolute atomic E-state index is 0.0239. The van der Waals surface area contributed by atoms with Gasteiger partial charge in [-0.05, 0) is 42.0 Å². The second-order valence-corrected chi connectivity index (χ2v) is 5.72. The number of nitrogens with zero attached hydrogens (tertiary/aromatic N) is 2. The number of carbonyl (C=O) groups is 2. The van der Waals surface area contributed by atoms with Crippen LogP contribution in [-0.2, 0) is 9.53 Å². The lowest BCUT2D eigenvalue weighted by Crippen LogP contribution is -2.16. The highest BCUT2D eigenvalue weighted by molar-refractivity contribution is 5.97. The van der Waals surface area contributed by atoms with E-state index in [1.807, 2.05) is 0 Å². The summed E-state index contributed by atoms with van der Waals surface area (Å²) in [7, 11) is 1.27. The molecule has 0 aliphatic carbocycles. The zero-order valence-electron chi connectivity index (χ0n) is 15.2. The van der Waals surface area contributed by atoms with Gasteiger partial charge in [0.25, 0.3) is 5.69 Å². The fraction of sp³-hybridized carbons (Fsp3) is 0.105. The molecule has 0 bridgehead atoms. The molecule has 0 atom stereocenters. The Morgan fingerprint density at radius 1 is 1.21 bits per heavy atom. The molecule has 148 valence electrons. The van der Waals surface area contributed by atoms with Crippen LogP contribution in [0.5, 0.6) is 5.75 Å². The van der Waals surface area contributed by atoms with E-state index in [0.717, 1.165) is 0 Å². The topological polar surface area (TPSA) is 133 Å². The minimum Gasteiger partial charge on any atom is -0.482 e. The third kappa shape index (κ3) is 4.95. The van der Waals surface area contributed by atoms with Crippen LogP contribution >= 0.6 is 0 Å². The van der Waals surface area contributed by atoms with Crippen LogP contribution in [0.15, 0.2) is 58.0 Å². The Hall–Kier alpha value is -4.21. The molecule has 0 aliphatic heterocycles. The van der Waals surface area contributed by atoms with E-state index in [2.05, 4.69) is 15.3 Å². The maximum Gasteiger partial charge on any atom is 0.343 e. The van der Waals surface area contributed by atoms with E-state index in [1.165, 1.54) is 37.6 Å². The zero-order valence-corrected chi connectivity index (χ0v) is 15.2. The van der Waals surface area contributed by atoms with Crippen LogP contribution in [0.1, 0.15) is 16.1 Å². The first-order valence-electron chi connectivity index (χ1n) is 8.27. The van der Waals surface area contributed by atoms with Crippen molar-refractivity contribution < 1.29 is 28.4 Å². The molecule has 1 N–H and O–H groups in total. The molecule has 0 fully saturated rings. The van der Waals surface area contributed by atoms with Crippen molar-refractivity contribution in [1.29, 1.82) is 0 Å². The van der Waals surface area contributed by atoms with E-state index in [-0.39, 0.29) is 18.1 Å². The second-order valence-electron chi connectivity index (χ2n) is 5.72. The number of esters is 1. The van der Waals surface area contributed by atoms with Crippen LogP contribution in [0.2, 0.25) is 0 Å². The number of hydrogen-bond acceptors (Lipinski definition) is 8. The standard InChI is InChI=1S/C19H15N3O7/c1-27-18(23)11-28-15-5-2-12(3-6-15)10-20-21-19(24)17-9-13-8-14(22(25)26)4-7-16(13)29-17/h2-10H,11H2,1H3,(H,21,24)/b20-10+. The Bertz CT molecular complexity index is 1090. The maximum atomic E-state index is 12.1. The molecule has 0 saturated heterocycles. The molecule has 3 rings (SSSR count). The molecule has 10 nitrogen and oxygen atoms in total. The molecule has 0 saturated carbocycles. The highest BCUT2D eigenvalue weighted by atomic mass is 16.6. The number of amides is 1. The molecule has 0 spiro atoms. The fourth-order valence-electron chi connectivity index (χ4n) is 2.33. The van der Waals surface area contributed by atoms with Crippen molar-refractivity contribution in [2.24, 2.45) is 5.10 Å². The van der Waals surface area contributed by atoms with Crippen molar-refractivity contribution >= 4 is 34.7 Å². The van der Waals surface area contributed by atoms with E-state index >= 15 is 0 Å². The Morgan fingerprint density at radius 2 is 1.97 bits per heavy atom. The number of furan rings is 1. The molecule has 1 heterocycles. The van der Waals surface area contributed by atoms with Crippen molar-refractivity contribution in [2.45, 2.75) is 0 Å². The van der Waals surface area contributed by atoms with Crippen LogP contribution < -0.4 is 10.2 Å². The lowest BCUT2D eigenvalue weighted by atomic mass is 10.2. The molecule has 1 aromatic heterocycles. The molecule has 0 aliphatic rings. The normalized spacial score (nSPS) is 10.8. The Kier molecular flexibility index (Phi) is 5.83. The van der Waals surface area contributed by atoms with Gasteiger partial charge in [0.2, 0.25) is 0 Å². The molecular weight excluding hydrogens is 382 g/mol. The second kappa shape index (κ2) is 8.65. The van der Waals surface area contributed by atoms with Crippen LogP contribution in [0.3, 0.4) is 0 Å².